The fraction of sp³-hybridized carbons (Fsp3) is 0.318. The Balaban J connectivity index is 1.58. The Morgan fingerprint density at radius 2 is 1.67 bits per heavy atom. The zero-order valence-corrected chi connectivity index (χ0v) is 16.4. The van der Waals surface area contributed by atoms with E-state index in [4.69, 9.17) is 4.74 Å². The third-order valence-corrected chi connectivity index (χ3v) is 6.07. The van der Waals surface area contributed by atoms with Gasteiger partial charge in [0.05, 0.1) is 10.9 Å². The zero-order chi connectivity index (χ0) is 18.8. The maximum atomic E-state index is 12.4. The highest BCUT2D eigenvalue weighted by Crippen LogP contribution is 2.42. The van der Waals surface area contributed by atoms with E-state index >= 15 is 0 Å². The minimum Gasteiger partial charge on any atom is -0.458 e. The molecule has 1 unspecified atom stereocenters. The molecule has 0 radical (unpaired) electrons. The summed E-state index contributed by atoms with van der Waals surface area (Å²) in [6, 6.07) is 20.8. The molecule has 1 aliphatic heterocycles. The first kappa shape index (κ1) is 18.0. The number of nitrogens with zero attached hydrogens (tertiary/aromatic N) is 1. The summed E-state index contributed by atoms with van der Waals surface area (Å²) >= 11 is 1.54. The summed E-state index contributed by atoms with van der Waals surface area (Å²) in [6.07, 6.45) is 2.20. The quantitative estimate of drug-likeness (QED) is 0.817. The fourth-order valence-corrected chi connectivity index (χ4v) is 4.11. The van der Waals surface area contributed by atoms with Crippen LogP contribution >= 0.6 is 11.8 Å². The number of ether oxygens (including phenoxy) is 1. The Morgan fingerprint density at radius 3 is 2.26 bits per heavy atom. The highest BCUT2D eigenvalue weighted by molar-refractivity contribution is 8.01. The van der Waals surface area contributed by atoms with Crippen LogP contribution in [0.2, 0.25) is 0 Å². The van der Waals surface area contributed by atoms with Crippen molar-refractivity contribution in [2.45, 2.75) is 36.6 Å². The Hall–Kier alpha value is -2.40. The lowest BCUT2D eigenvalue weighted by atomic mass is 10.1. The van der Waals surface area contributed by atoms with Gasteiger partial charge < -0.3 is 15.0 Å². The van der Waals surface area contributed by atoms with Gasteiger partial charge >= 0.3 is 0 Å². The molecule has 4 nitrogen and oxygen atoms in total. The summed E-state index contributed by atoms with van der Waals surface area (Å²) in [5.74, 6) is 0.950. The molecule has 1 heterocycles. The Kier molecular flexibility index (Phi) is 5.12. The molecule has 0 spiro atoms. The first-order chi connectivity index (χ1) is 13.1. The molecular formula is C22H24N2O2S. The predicted octanol–water partition coefficient (Wildman–Crippen LogP) is 4.16. The average Bonchev–Trinajstić information content (AvgIpc) is 3.46. The number of hydrogen-bond donors (Lipinski definition) is 1. The van der Waals surface area contributed by atoms with Gasteiger partial charge in [0.15, 0.2) is 5.76 Å². The highest BCUT2D eigenvalue weighted by Gasteiger charge is 2.36. The largest absolute Gasteiger partial charge is 0.458 e. The van der Waals surface area contributed by atoms with Crippen LogP contribution in [-0.2, 0) is 9.53 Å². The molecule has 5 heteroatoms. The lowest BCUT2D eigenvalue weighted by molar-refractivity contribution is -0.120. The van der Waals surface area contributed by atoms with Crippen LogP contribution in [0.25, 0.3) is 11.5 Å². The summed E-state index contributed by atoms with van der Waals surface area (Å²) in [6.45, 7) is 1.95. The van der Waals surface area contributed by atoms with E-state index in [1.807, 2.05) is 50.4 Å². The molecule has 1 N–H and O–H groups in total. The van der Waals surface area contributed by atoms with Crippen LogP contribution in [0, 0.1) is 0 Å². The van der Waals surface area contributed by atoms with E-state index in [0.717, 1.165) is 35.4 Å². The minimum atomic E-state index is -0.240. The smallest absolute Gasteiger partial charge is 0.233 e. The average molecular weight is 381 g/mol. The molecule has 140 valence electrons. The maximum absolute atomic E-state index is 12.4. The molecule has 2 atom stereocenters. The van der Waals surface area contributed by atoms with Crippen LogP contribution in [-0.4, -0.2) is 34.7 Å². The molecule has 1 aliphatic carbocycles. The number of hydrogen-bond acceptors (Lipinski definition) is 4. The van der Waals surface area contributed by atoms with E-state index in [-0.39, 0.29) is 16.7 Å². The van der Waals surface area contributed by atoms with Gasteiger partial charge in [-0.3, -0.25) is 4.79 Å². The molecule has 0 aromatic heterocycles. The van der Waals surface area contributed by atoms with Crippen LogP contribution in [0.1, 0.15) is 30.9 Å². The van der Waals surface area contributed by atoms with Crippen molar-refractivity contribution in [2.24, 2.45) is 0 Å². The monoisotopic (exact) mass is 380 g/mol. The number of rotatable bonds is 6. The van der Waals surface area contributed by atoms with Gasteiger partial charge in [0.25, 0.3) is 0 Å². The van der Waals surface area contributed by atoms with Gasteiger partial charge in [-0.1, -0.05) is 72.4 Å². The number of benzene rings is 2. The second-order valence-electron chi connectivity index (χ2n) is 7.01. The van der Waals surface area contributed by atoms with Gasteiger partial charge in [0, 0.05) is 24.2 Å². The lowest BCUT2D eigenvalue weighted by Crippen LogP contribution is -2.35. The van der Waals surface area contributed by atoms with Gasteiger partial charge in [0.1, 0.15) is 0 Å². The van der Waals surface area contributed by atoms with E-state index in [9.17, 15) is 4.79 Å². The molecule has 0 bridgehead atoms. The highest BCUT2D eigenvalue weighted by atomic mass is 32.2. The van der Waals surface area contributed by atoms with Crippen molar-refractivity contribution in [3.8, 4) is 0 Å². The van der Waals surface area contributed by atoms with Crippen molar-refractivity contribution < 1.29 is 9.53 Å². The van der Waals surface area contributed by atoms with E-state index in [2.05, 4.69) is 34.5 Å². The van der Waals surface area contributed by atoms with Gasteiger partial charge in [0.2, 0.25) is 11.5 Å². The Labute approximate surface area is 164 Å². The molecule has 1 fully saturated rings. The summed E-state index contributed by atoms with van der Waals surface area (Å²) in [7, 11) is 2.03. The molecule has 2 aromatic rings. The predicted molar refractivity (Wildman–Crippen MR) is 111 cm³/mol. The summed E-state index contributed by atoms with van der Waals surface area (Å²) in [4.78, 5) is 14.5. The Bertz CT molecular complexity index is 834. The van der Waals surface area contributed by atoms with E-state index < -0.39 is 0 Å². The van der Waals surface area contributed by atoms with Gasteiger partial charge in [-0.15, -0.1) is 0 Å². The van der Waals surface area contributed by atoms with Gasteiger partial charge in [-0.2, -0.15) is 0 Å². The first-order valence-electron chi connectivity index (χ1n) is 9.34. The van der Waals surface area contributed by atoms with Crippen LogP contribution in [0.4, 0.5) is 0 Å². The summed E-state index contributed by atoms with van der Waals surface area (Å²) < 4.78 is 6.36. The van der Waals surface area contributed by atoms with Gasteiger partial charge in [-0.25, -0.2) is 0 Å². The first-order valence-corrected chi connectivity index (χ1v) is 10.3. The van der Waals surface area contributed by atoms with Crippen molar-refractivity contribution in [2.75, 3.05) is 7.05 Å². The van der Waals surface area contributed by atoms with Crippen molar-refractivity contribution >= 4 is 29.1 Å². The van der Waals surface area contributed by atoms with E-state index in [1.165, 1.54) is 11.8 Å². The second-order valence-corrected chi connectivity index (χ2v) is 8.39. The van der Waals surface area contributed by atoms with Crippen LogP contribution in [0.15, 0.2) is 60.7 Å². The topological polar surface area (TPSA) is 41.6 Å². The SMILES string of the molecule is C[C@H](SC1OC(c2ccccc2)=C(c2ccccc2)N1C)C(=O)NC1CC1. The fourth-order valence-electron chi connectivity index (χ4n) is 3.13. The summed E-state index contributed by atoms with van der Waals surface area (Å²) in [5.41, 5.74) is 2.96. The third kappa shape index (κ3) is 3.98. The molecule has 1 amide bonds. The number of nitrogens with one attached hydrogen (secondary N) is 1. The lowest BCUT2D eigenvalue weighted by Gasteiger charge is -2.24. The normalized spacial score (nSPS) is 20.4. The number of carbonyl (C=O) groups excluding carboxylic acids is 1. The van der Waals surface area contributed by atoms with Crippen molar-refractivity contribution in [1.82, 2.24) is 10.2 Å². The third-order valence-electron chi connectivity index (χ3n) is 4.80. The van der Waals surface area contributed by atoms with Crippen LogP contribution < -0.4 is 5.32 Å². The Morgan fingerprint density at radius 1 is 1.07 bits per heavy atom. The second kappa shape index (κ2) is 7.69. The number of thioether (sulfide) groups is 1. The van der Waals surface area contributed by atoms with E-state index in [0.29, 0.717) is 6.04 Å². The summed E-state index contributed by atoms with van der Waals surface area (Å²) in [5, 5.41) is 2.91. The molecular weight excluding hydrogens is 356 g/mol. The zero-order valence-electron chi connectivity index (χ0n) is 15.6. The van der Waals surface area contributed by atoms with Crippen LogP contribution in [0.5, 0.6) is 0 Å². The van der Waals surface area contributed by atoms with Crippen molar-refractivity contribution in [3.05, 3.63) is 71.8 Å². The maximum Gasteiger partial charge on any atom is 0.233 e. The molecule has 4 rings (SSSR count). The molecule has 27 heavy (non-hydrogen) atoms. The molecule has 0 saturated heterocycles. The van der Waals surface area contributed by atoms with Crippen molar-refractivity contribution in [3.63, 3.8) is 0 Å². The van der Waals surface area contributed by atoms with E-state index in [1.54, 1.807) is 0 Å². The van der Waals surface area contributed by atoms with Crippen LogP contribution in [0.3, 0.4) is 0 Å². The molecule has 2 aliphatic rings. The van der Waals surface area contributed by atoms with Crippen molar-refractivity contribution in [1.29, 1.82) is 0 Å². The number of carbonyl (C=O) groups is 1. The standard InChI is InChI=1S/C22H24N2O2S/c1-15(21(25)23-18-13-14-18)27-22-24(2)19(16-9-5-3-6-10-16)20(26-22)17-11-7-4-8-12-17/h3-12,15,18,22H,13-14H2,1-2H3,(H,23,25)/t15-,22?/m0/s1. The number of amides is 1. The molecule has 2 aromatic carbocycles. The molecule has 1 saturated carbocycles. The minimum absolute atomic E-state index is 0.0916. The van der Waals surface area contributed by atoms with Gasteiger partial charge in [-0.05, 0) is 19.8 Å².